The monoisotopic (exact) mass is 351 g/mol. The molecule has 2 N–H and O–H groups in total. The first kappa shape index (κ1) is 13.5. The minimum absolute atomic E-state index is 0.255. The number of halogens is 1. The average Bonchev–Trinajstić information content (AvgIpc) is 2.94. The number of hydrogen-bond donors (Lipinski definition) is 2. The number of thiophene rings is 1. The van der Waals surface area contributed by atoms with Gasteiger partial charge >= 0.3 is 0 Å². The van der Waals surface area contributed by atoms with E-state index >= 15 is 0 Å². The number of hydrogen-bond acceptors (Lipinski definition) is 4. The number of carbonyl (C=O) groups excluding carboxylic acids is 2. The van der Waals surface area contributed by atoms with Crippen molar-refractivity contribution in [3.8, 4) is 0 Å². The molecule has 0 unspecified atom stereocenters. The van der Waals surface area contributed by atoms with E-state index in [1.165, 1.54) is 11.3 Å². The van der Waals surface area contributed by atoms with Gasteiger partial charge in [-0.3, -0.25) is 9.59 Å². The molecule has 1 aliphatic heterocycles. The fourth-order valence-electron chi connectivity index (χ4n) is 2.26. The Bertz CT molecular complexity index is 712. The van der Waals surface area contributed by atoms with Crippen molar-refractivity contribution < 1.29 is 14.7 Å². The van der Waals surface area contributed by atoms with E-state index in [0.717, 1.165) is 3.79 Å². The minimum Gasteiger partial charge on any atom is -0.375 e. The van der Waals surface area contributed by atoms with Gasteiger partial charge < -0.3 is 10.4 Å². The Hall–Kier alpha value is -1.50. The van der Waals surface area contributed by atoms with Gasteiger partial charge in [0.05, 0.1) is 15.1 Å². The van der Waals surface area contributed by atoms with E-state index in [2.05, 4.69) is 21.2 Å². The number of para-hydroxylation sites is 1. The third-order valence-electron chi connectivity index (χ3n) is 3.26. The molecule has 2 aromatic rings. The van der Waals surface area contributed by atoms with Gasteiger partial charge in [0.2, 0.25) is 0 Å². The molecule has 0 bridgehead atoms. The smallest absolute Gasteiger partial charge is 0.261 e. The molecule has 1 atom stereocenters. The van der Waals surface area contributed by atoms with Crippen molar-refractivity contribution in [2.45, 2.75) is 12.0 Å². The average molecular weight is 352 g/mol. The number of amides is 1. The molecule has 0 spiro atoms. The van der Waals surface area contributed by atoms with Gasteiger partial charge in [0.15, 0.2) is 11.4 Å². The zero-order valence-electron chi connectivity index (χ0n) is 10.2. The zero-order chi connectivity index (χ0) is 14.3. The van der Waals surface area contributed by atoms with Crippen molar-refractivity contribution in [3.63, 3.8) is 0 Å². The molecule has 1 aromatic carbocycles. The fourth-order valence-corrected chi connectivity index (χ4v) is 3.58. The van der Waals surface area contributed by atoms with E-state index in [-0.39, 0.29) is 12.2 Å². The molecule has 2 heterocycles. The molecule has 0 saturated heterocycles. The number of nitrogens with one attached hydrogen (secondary N) is 1. The number of rotatable bonds is 3. The van der Waals surface area contributed by atoms with Crippen LogP contribution in [0.2, 0.25) is 0 Å². The summed E-state index contributed by atoms with van der Waals surface area (Å²) < 4.78 is 0.837. The van der Waals surface area contributed by atoms with Crippen LogP contribution in [0.3, 0.4) is 0 Å². The van der Waals surface area contributed by atoms with Crippen LogP contribution in [-0.4, -0.2) is 16.8 Å². The maximum absolute atomic E-state index is 12.2. The molecule has 102 valence electrons. The third kappa shape index (κ3) is 2.09. The van der Waals surface area contributed by atoms with E-state index < -0.39 is 11.5 Å². The molecule has 1 aliphatic rings. The van der Waals surface area contributed by atoms with Crippen molar-refractivity contribution in [2.75, 3.05) is 5.32 Å². The van der Waals surface area contributed by atoms with Crippen molar-refractivity contribution >= 4 is 44.6 Å². The Labute approximate surface area is 127 Å². The van der Waals surface area contributed by atoms with Gasteiger partial charge in [-0.25, -0.2) is 0 Å². The van der Waals surface area contributed by atoms with Crippen molar-refractivity contribution in [2.24, 2.45) is 0 Å². The lowest BCUT2D eigenvalue weighted by Crippen LogP contribution is -2.36. The van der Waals surface area contributed by atoms with Crippen LogP contribution < -0.4 is 5.32 Å². The first-order valence-corrected chi connectivity index (χ1v) is 7.53. The molecule has 0 fully saturated rings. The minimum atomic E-state index is -1.79. The summed E-state index contributed by atoms with van der Waals surface area (Å²) in [5, 5.41) is 13.2. The van der Waals surface area contributed by atoms with Crippen molar-refractivity contribution in [1.29, 1.82) is 0 Å². The van der Waals surface area contributed by atoms with Crippen LogP contribution in [0.1, 0.15) is 21.7 Å². The Morgan fingerprint density at radius 3 is 2.75 bits per heavy atom. The van der Waals surface area contributed by atoms with E-state index in [9.17, 15) is 14.7 Å². The van der Waals surface area contributed by atoms with E-state index in [1.807, 2.05) is 0 Å². The Morgan fingerprint density at radius 1 is 1.30 bits per heavy atom. The number of anilines is 1. The lowest BCUT2D eigenvalue weighted by molar-refractivity contribution is -0.133. The normalized spacial score (nSPS) is 20.6. The number of fused-ring (bicyclic) bond motifs is 1. The lowest BCUT2D eigenvalue weighted by Gasteiger charge is -2.19. The molecule has 3 rings (SSSR count). The van der Waals surface area contributed by atoms with Gasteiger partial charge in [-0.15, -0.1) is 11.3 Å². The molecule has 0 aliphatic carbocycles. The Balaban J connectivity index is 1.93. The molecule has 1 aromatic heterocycles. The summed E-state index contributed by atoms with van der Waals surface area (Å²) in [6.45, 7) is 0. The highest BCUT2D eigenvalue weighted by Gasteiger charge is 2.46. The van der Waals surface area contributed by atoms with Gasteiger partial charge in [0, 0.05) is 11.3 Å². The summed E-state index contributed by atoms with van der Waals surface area (Å²) in [5.41, 5.74) is -0.779. The van der Waals surface area contributed by atoms with Crippen LogP contribution in [-0.2, 0) is 10.4 Å². The van der Waals surface area contributed by atoms with Crippen LogP contribution in [0.15, 0.2) is 40.2 Å². The van der Waals surface area contributed by atoms with E-state index in [1.54, 1.807) is 36.4 Å². The van der Waals surface area contributed by atoms with Crippen LogP contribution in [0, 0.1) is 0 Å². The van der Waals surface area contributed by atoms with Gasteiger partial charge in [-0.05, 0) is 34.1 Å². The molecule has 6 heteroatoms. The van der Waals surface area contributed by atoms with Crippen LogP contribution >= 0.6 is 27.3 Å². The summed E-state index contributed by atoms with van der Waals surface area (Å²) in [6.07, 6.45) is -0.261. The summed E-state index contributed by atoms with van der Waals surface area (Å²) in [6, 6.07) is 10.3. The van der Waals surface area contributed by atoms with Crippen LogP contribution in [0.4, 0.5) is 5.69 Å². The molecule has 0 saturated carbocycles. The van der Waals surface area contributed by atoms with E-state index in [0.29, 0.717) is 16.1 Å². The van der Waals surface area contributed by atoms with Crippen LogP contribution in [0.5, 0.6) is 0 Å². The van der Waals surface area contributed by atoms with Gasteiger partial charge in [-0.2, -0.15) is 0 Å². The van der Waals surface area contributed by atoms with Gasteiger partial charge in [0.1, 0.15) is 0 Å². The quantitative estimate of drug-likeness (QED) is 0.835. The second-order valence-electron chi connectivity index (χ2n) is 4.56. The zero-order valence-corrected chi connectivity index (χ0v) is 12.6. The second-order valence-corrected chi connectivity index (χ2v) is 7.03. The predicted octanol–water partition coefficient (Wildman–Crippen LogP) is 2.92. The molecule has 0 radical (unpaired) electrons. The van der Waals surface area contributed by atoms with Crippen molar-refractivity contribution in [1.82, 2.24) is 0 Å². The highest BCUT2D eigenvalue weighted by molar-refractivity contribution is 9.11. The molecular weight excluding hydrogens is 342 g/mol. The van der Waals surface area contributed by atoms with Crippen molar-refractivity contribution in [3.05, 3.63) is 50.6 Å². The first-order valence-electron chi connectivity index (χ1n) is 5.92. The maximum atomic E-state index is 12.2. The summed E-state index contributed by atoms with van der Waals surface area (Å²) >= 11 is 4.57. The van der Waals surface area contributed by atoms with Crippen LogP contribution in [0.25, 0.3) is 0 Å². The number of carbonyl (C=O) groups is 2. The number of aliphatic hydroxyl groups is 1. The number of Topliss-reactive ketones (excluding diaryl/α,β-unsaturated/α-hetero) is 1. The number of ketones is 1. The van der Waals surface area contributed by atoms with E-state index in [4.69, 9.17) is 0 Å². The van der Waals surface area contributed by atoms with Gasteiger partial charge in [0.25, 0.3) is 5.91 Å². The van der Waals surface area contributed by atoms with Gasteiger partial charge in [-0.1, -0.05) is 18.2 Å². The fraction of sp³-hybridized carbons (Fsp3) is 0.143. The largest absolute Gasteiger partial charge is 0.375 e. The highest BCUT2D eigenvalue weighted by Crippen LogP contribution is 2.39. The summed E-state index contributed by atoms with van der Waals surface area (Å²) in [7, 11) is 0. The topological polar surface area (TPSA) is 66.4 Å². The molecular formula is C14H10BrNO3S. The highest BCUT2D eigenvalue weighted by atomic mass is 79.9. The maximum Gasteiger partial charge on any atom is 0.261 e. The third-order valence-corrected chi connectivity index (χ3v) is 4.93. The lowest BCUT2D eigenvalue weighted by atomic mass is 9.89. The standard InChI is InChI=1S/C14H10BrNO3S/c15-12-6-5-11(20-12)10(17)7-14(19)8-3-1-2-4-9(8)16-13(14)18/h1-6,19H,7H2,(H,16,18)/t14-/m1/s1. The summed E-state index contributed by atoms with van der Waals surface area (Å²) in [5.74, 6) is -0.808. The Kier molecular flexibility index (Phi) is 3.24. The summed E-state index contributed by atoms with van der Waals surface area (Å²) in [4.78, 5) is 24.7. The Morgan fingerprint density at radius 2 is 2.05 bits per heavy atom. The SMILES string of the molecule is O=C(C[C@]1(O)C(=O)Nc2ccccc21)c1ccc(Br)s1. The second kappa shape index (κ2) is 4.80. The molecule has 1 amide bonds. The molecule has 20 heavy (non-hydrogen) atoms. The molecule has 4 nitrogen and oxygen atoms in total. The first-order chi connectivity index (χ1) is 9.50. The predicted molar refractivity (Wildman–Crippen MR) is 79.9 cm³/mol. The number of benzene rings is 1.